The third-order valence-corrected chi connectivity index (χ3v) is 5.07. The Morgan fingerprint density at radius 2 is 2.03 bits per heavy atom. The van der Waals surface area contributed by atoms with Crippen LogP contribution in [0.2, 0.25) is 0 Å². The lowest BCUT2D eigenvalue weighted by molar-refractivity contribution is 0.0869. The number of hydrogen-bond donors (Lipinski definition) is 0. The minimum Gasteiger partial charge on any atom is -0.495 e. The van der Waals surface area contributed by atoms with Gasteiger partial charge in [-0.1, -0.05) is 0 Å². The average molecular weight is 407 g/mol. The number of pyridine rings is 1. The zero-order valence-corrected chi connectivity index (χ0v) is 16.9. The predicted molar refractivity (Wildman–Crippen MR) is 108 cm³/mol. The van der Waals surface area contributed by atoms with Crippen molar-refractivity contribution in [1.29, 1.82) is 0 Å². The van der Waals surface area contributed by atoms with Crippen molar-refractivity contribution in [2.75, 3.05) is 20.8 Å². The summed E-state index contributed by atoms with van der Waals surface area (Å²) < 4.78 is 26.7. The van der Waals surface area contributed by atoms with Crippen LogP contribution in [0.1, 0.15) is 17.2 Å². The highest BCUT2D eigenvalue weighted by Gasteiger charge is 2.27. The van der Waals surface area contributed by atoms with Crippen molar-refractivity contribution in [2.24, 2.45) is 7.05 Å². The third kappa shape index (κ3) is 3.18. The summed E-state index contributed by atoms with van der Waals surface area (Å²) in [6, 6.07) is 5.78. The van der Waals surface area contributed by atoms with Crippen LogP contribution >= 0.6 is 0 Å². The van der Waals surface area contributed by atoms with Gasteiger partial charge < -0.3 is 23.5 Å². The molecule has 0 aliphatic carbocycles. The highest BCUT2D eigenvalue weighted by molar-refractivity contribution is 5.72. The molecule has 9 nitrogen and oxygen atoms in total. The van der Waals surface area contributed by atoms with E-state index in [9.17, 15) is 0 Å². The zero-order chi connectivity index (χ0) is 20.7. The second-order valence-electron chi connectivity index (χ2n) is 7.08. The first kappa shape index (κ1) is 18.3. The Bertz CT molecular complexity index is 1200. The summed E-state index contributed by atoms with van der Waals surface area (Å²) in [6.07, 6.45) is 6.92. The molecular weight excluding hydrogens is 386 g/mol. The van der Waals surface area contributed by atoms with Crippen molar-refractivity contribution in [1.82, 2.24) is 24.3 Å². The van der Waals surface area contributed by atoms with Gasteiger partial charge in [0, 0.05) is 24.9 Å². The van der Waals surface area contributed by atoms with Gasteiger partial charge in [-0.15, -0.1) is 0 Å². The van der Waals surface area contributed by atoms with Crippen molar-refractivity contribution in [3.8, 4) is 23.0 Å². The molecule has 0 bridgehead atoms. The smallest absolute Gasteiger partial charge is 0.204 e. The summed E-state index contributed by atoms with van der Waals surface area (Å²) in [6.45, 7) is 0.968. The first-order valence-electron chi connectivity index (χ1n) is 9.48. The summed E-state index contributed by atoms with van der Waals surface area (Å²) in [5, 5.41) is 4.21. The molecule has 1 aromatic carbocycles. The minimum absolute atomic E-state index is 0.234. The Kier molecular flexibility index (Phi) is 4.42. The zero-order valence-electron chi connectivity index (χ0n) is 16.9. The Balaban J connectivity index is 1.44. The summed E-state index contributed by atoms with van der Waals surface area (Å²) in [7, 11) is 5.11. The Labute approximate surface area is 172 Å². The molecule has 4 heterocycles. The molecule has 0 amide bonds. The lowest BCUT2D eigenvalue weighted by Gasteiger charge is -2.27. The Morgan fingerprint density at radius 3 is 2.80 bits per heavy atom. The maximum absolute atomic E-state index is 6.19. The van der Waals surface area contributed by atoms with Crippen molar-refractivity contribution >= 4 is 11.2 Å². The SMILES string of the molecule is COc1cnc2c(c1)ncn2Cc1cc(OC)c2c(c1)OCC(c1cnn(C)c1)O2. The van der Waals surface area contributed by atoms with E-state index in [1.807, 2.05) is 36.0 Å². The lowest BCUT2D eigenvalue weighted by Crippen LogP contribution is -2.22. The molecule has 154 valence electrons. The highest BCUT2D eigenvalue weighted by atomic mass is 16.6. The number of fused-ring (bicyclic) bond motifs is 2. The molecule has 9 heteroatoms. The minimum atomic E-state index is -0.234. The van der Waals surface area contributed by atoms with E-state index < -0.39 is 0 Å². The van der Waals surface area contributed by atoms with Gasteiger partial charge in [0.15, 0.2) is 23.3 Å². The number of methoxy groups -OCH3 is 2. The molecule has 0 spiro atoms. The molecule has 0 N–H and O–H groups in total. The van der Waals surface area contributed by atoms with E-state index in [4.69, 9.17) is 18.9 Å². The molecule has 1 aliphatic heterocycles. The van der Waals surface area contributed by atoms with Crippen molar-refractivity contribution < 1.29 is 18.9 Å². The number of nitrogens with zero attached hydrogens (tertiary/aromatic N) is 5. The average Bonchev–Trinajstić information content (AvgIpc) is 3.38. The van der Waals surface area contributed by atoms with Gasteiger partial charge in [0.1, 0.15) is 17.9 Å². The van der Waals surface area contributed by atoms with Crippen molar-refractivity contribution in [3.63, 3.8) is 0 Å². The maximum atomic E-state index is 6.19. The summed E-state index contributed by atoms with van der Waals surface area (Å²) in [5.41, 5.74) is 3.51. The molecule has 1 aliphatic rings. The molecule has 0 saturated carbocycles. The fourth-order valence-corrected chi connectivity index (χ4v) is 3.56. The van der Waals surface area contributed by atoms with Crippen LogP contribution in [0.5, 0.6) is 23.0 Å². The van der Waals surface area contributed by atoms with Crippen LogP contribution in [0, 0.1) is 0 Å². The van der Waals surface area contributed by atoms with Crippen LogP contribution in [0.4, 0.5) is 0 Å². The molecule has 4 aromatic rings. The summed E-state index contributed by atoms with van der Waals surface area (Å²) in [4.78, 5) is 8.89. The van der Waals surface area contributed by atoms with Crippen LogP contribution in [-0.2, 0) is 13.6 Å². The largest absolute Gasteiger partial charge is 0.495 e. The number of aromatic nitrogens is 5. The standard InChI is InChI=1S/C21H21N5O4/c1-25-10-14(7-24-25)19-11-29-18-5-13(4-17(28-3)20(18)30-19)9-26-12-23-16-6-15(27-2)8-22-21(16)26/h4-8,10,12,19H,9,11H2,1-3H3. The summed E-state index contributed by atoms with van der Waals surface area (Å²) >= 11 is 0. The second-order valence-corrected chi connectivity index (χ2v) is 7.08. The number of imidazole rings is 1. The van der Waals surface area contributed by atoms with Gasteiger partial charge >= 0.3 is 0 Å². The van der Waals surface area contributed by atoms with Crippen LogP contribution in [0.15, 0.2) is 43.1 Å². The molecule has 0 fully saturated rings. The lowest BCUT2D eigenvalue weighted by atomic mass is 10.1. The molecule has 5 rings (SSSR count). The van der Waals surface area contributed by atoms with Gasteiger partial charge in [0.25, 0.3) is 0 Å². The predicted octanol–water partition coefficient (Wildman–Crippen LogP) is 2.74. The van der Waals surface area contributed by atoms with Crippen molar-refractivity contribution in [3.05, 3.63) is 54.2 Å². The summed E-state index contributed by atoms with van der Waals surface area (Å²) in [5.74, 6) is 2.55. The number of ether oxygens (including phenoxy) is 4. The van der Waals surface area contributed by atoms with E-state index in [2.05, 4.69) is 15.1 Å². The van der Waals surface area contributed by atoms with E-state index in [0.29, 0.717) is 36.1 Å². The van der Waals surface area contributed by atoms with Crippen LogP contribution in [0.25, 0.3) is 11.2 Å². The first-order chi connectivity index (χ1) is 14.6. The third-order valence-electron chi connectivity index (χ3n) is 5.07. The molecule has 3 aromatic heterocycles. The molecule has 1 atom stereocenters. The van der Waals surface area contributed by atoms with Gasteiger partial charge in [-0.25, -0.2) is 9.97 Å². The highest BCUT2D eigenvalue weighted by Crippen LogP contribution is 2.44. The molecular formula is C21H21N5O4. The van der Waals surface area contributed by atoms with E-state index in [-0.39, 0.29) is 6.10 Å². The number of aryl methyl sites for hydroxylation is 1. The van der Waals surface area contributed by atoms with Crippen LogP contribution < -0.4 is 18.9 Å². The Hall–Kier alpha value is -3.75. The first-order valence-corrected chi connectivity index (χ1v) is 9.48. The van der Waals surface area contributed by atoms with Crippen molar-refractivity contribution in [2.45, 2.75) is 12.6 Å². The van der Waals surface area contributed by atoms with E-state index in [1.165, 1.54) is 0 Å². The van der Waals surface area contributed by atoms with Gasteiger partial charge in [-0.2, -0.15) is 5.10 Å². The van der Waals surface area contributed by atoms with E-state index in [1.54, 1.807) is 37.6 Å². The van der Waals surface area contributed by atoms with Gasteiger partial charge in [-0.05, 0) is 17.7 Å². The van der Waals surface area contributed by atoms with Gasteiger partial charge in [-0.3, -0.25) is 4.68 Å². The molecule has 1 unspecified atom stereocenters. The molecule has 30 heavy (non-hydrogen) atoms. The van der Waals surface area contributed by atoms with Crippen LogP contribution in [-0.4, -0.2) is 45.1 Å². The van der Waals surface area contributed by atoms with E-state index >= 15 is 0 Å². The maximum Gasteiger partial charge on any atom is 0.204 e. The fraction of sp³-hybridized carbons (Fsp3) is 0.286. The number of rotatable bonds is 5. The molecule has 0 radical (unpaired) electrons. The quantitative estimate of drug-likeness (QED) is 0.503. The van der Waals surface area contributed by atoms with E-state index in [0.717, 1.165) is 22.3 Å². The monoisotopic (exact) mass is 407 g/mol. The number of benzene rings is 1. The van der Waals surface area contributed by atoms with Gasteiger partial charge in [0.05, 0.1) is 39.5 Å². The van der Waals surface area contributed by atoms with Crippen LogP contribution in [0.3, 0.4) is 0 Å². The number of hydrogen-bond acceptors (Lipinski definition) is 7. The fourth-order valence-electron chi connectivity index (χ4n) is 3.56. The normalized spacial score (nSPS) is 15.4. The molecule has 0 saturated heterocycles. The van der Waals surface area contributed by atoms with Gasteiger partial charge in [0.2, 0.25) is 5.75 Å². The topological polar surface area (TPSA) is 85.5 Å². The second kappa shape index (κ2) is 7.25. The Morgan fingerprint density at radius 1 is 1.13 bits per heavy atom.